The molecule has 1 aromatic heterocycles. The summed E-state index contributed by atoms with van der Waals surface area (Å²) in [5.74, 6) is 2.74. The van der Waals surface area contributed by atoms with E-state index in [0.29, 0.717) is 18.2 Å². The van der Waals surface area contributed by atoms with Crippen molar-refractivity contribution < 1.29 is 14.2 Å². The van der Waals surface area contributed by atoms with E-state index in [0.717, 1.165) is 43.4 Å². The maximum atomic E-state index is 5.75. The van der Waals surface area contributed by atoms with Crippen LogP contribution in [-0.2, 0) is 11.3 Å². The molecule has 1 aromatic carbocycles. The lowest BCUT2D eigenvalue weighted by molar-refractivity contribution is 0.195. The van der Waals surface area contributed by atoms with E-state index in [1.807, 2.05) is 43.3 Å². The lowest BCUT2D eigenvalue weighted by Crippen LogP contribution is -2.38. The monoisotopic (exact) mass is 372 g/mol. The van der Waals surface area contributed by atoms with Gasteiger partial charge in [0.05, 0.1) is 13.7 Å². The molecule has 2 N–H and O–H groups in total. The van der Waals surface area contributed by atoms with Gasteiger partial charge in [0.2, 0.25) is 5.88 Å². The highest BCUT2D eigenvalue weighted by Gasteiger charge is 2.02. The number of hydrogen-bond donors (Lipinski definition) is 2. The number of aliphatic imine (C=N–C) groups is 1. The van der Waals surface area contributed by atoms with Crippen LogP contribution in [0, 0.1) is 0 Å². The SMILES string of the molecule is CCNC(=NCc1ccc(Oc2cccc(OC)c2)nc1)NCCCOC. The summed E-state index contributed by atoms with van der Waals surface area (Å²) < 4.78 is 16.0. The summed E-state index contributed by atoms with van der Waals surface area (Å²) in [5, 5.41) is 6.51. The first-order valence-electron chi connectivity index (χ1n) is 9.03. The Morgan fingerprint density at radius 3 is 2.67 bits per heavy atom. The smallest absolute Gasteiger partial charge is 0.219 e. The third-order valence-electron chi connectivity index (χ3n) is 3.64. The van der Waals surface area contributed by atoms with E-state index in [1.165, 1.54) is 0 Å². The second kappa shape index (κ2) is 11.7. The zero-order chi connectivity index (χ0) is 19.3. The van der Waals surface area contributed by atoms with Crippen LogP contribution in [0.25, 0.3) is 0 Å². The molecule has 2 rings (SSSR count). The van der Waals surface area contributed by atoms with Crippen LogP contribution in [0.5, 0.6) is 17.4 Å². The van der Waals surface area contributed by atoms with E-state index in [2.05, 4.69) is 20.6 Å². The second-order valence-electron chi connectivity index (χ2n) is 5.75. The Bertz CT molecular complexity index is 705. The number of nitrogens with one attached hydrogen (secondary N) is 2. The molecule has 0 unspecified atom stereocenters. The minimum absolute atomic E-state index is 0.528. The quantitative estimate of drug-likeness (QED) is 0.379. The van der Waals surface area contributed by atoms with Gasteiger partial charge in [0.1, 0.15) is 11.5 Å². The van der Waals surface area contributed by atoms with Gasteiger partial charge in [0.25, 0.3) is 0 Å². The predicted octanol–water partition coefficient (Wildman–Crippen LogP) is 2.97. The number of hydrogen-bond acceptors (Lipinski definition) is 5. The van der Waals surface area contributed by atoms with Gasteiger partial charge in [-0.25, -0.2) is 9.98 Å². The first-order valence-corrected chi connectivity index (χ1v) is 9.03. The Morgan fingerprint density at radius 2 is 1.96 bits per heavy atom. The number of nitrogens with zero attached hydrogens (tertiary/aromatic N) is 2. The summed E-state index contributed by atoms with van der Waals surface area (Å²) in [5.41, 5.74) is 1.00. The number of guanidine groups is 1. The number of aromatic nitrogens is 1. The Balaban J connectivity index is 1.90. The standard InChI is InChI=1S/C20H28N4O3/c1-4-21-20(22-11-6-12-25-2)24-15-16-9-10-19(23-14-16)27-18-8-5-7-17(13-18)26-3/h5,7-10,13-14H,4,6,11-12,15H2,1-3H3,(H2,21,22,24). The third-order valence-corrected chi connectivity index (χ3v) is 3.64. The topological polar surface area (TPSA) is 77.0 Å². The maximum absolute atomic E-state index is 5.75. The Kier molecular flexibility index (Phi) is 8.92. The van der Waals surface area contributed by atoms with Crippen molar-refractivity contribution in [1.29, 1.82) is 0 Å². The lowest BCUT2D eigenvalue weighted by Gasteiger charge is -2.11. The van der Waals surface area contributed by atoms with Crippen LogP contribution < -0.4 is 20.1 Å². The van der Waals surface area contributed by atoms with E-state index in [-0.39, 0.29) is 0 Å². The number of benzene rings is 1. The van der Waals surface area contributed by atoms with Crippen molar-refractivity contribution in [2.75, 3.05) is 33.9 Å². The van der Waals surface area contributed by atoms with Crippen LogP contribution in [0.3, 0.4) is 0 Å². The largest absolute Gasteiger partial charge is 0.497 e. The van der Waals surface area contributed by atoms with Gasteiger partial charge in [-0.2, -0.15) is 0 Å². The molecule has 0 spiro atoms. The first-order chi connectivity index (χ1) is 13.2. The van der Waals surface area contributed by atoms with Gasteiger partial charge >= 0.3 is 0 Å². The Hall–Kier alpha value is -2.80. The Morgan fingerprint density at radius 1 is 1.11 bits per heavy atom. The Labute approximate surface area is 160 Å². The van der Waals surface area contributed by atoms with Crippen LogP contribution in [0.2, 0.25) is 0 Å². The van der Waals surface area contributed by atoms with Crippen LogP contribution in [-0.4, -0.2) is 44.9 Å². The highest BCUT2D eigenvalue weighted by atomic mass is 16.5. The normalized spacial score (nSPS) is 11.1. The van der Waals surface area contributed by atoms with E-state index < -0.39 is 0 Å². The molecule has 1 heterocycles. The zero-order valence-electron chi connectivity index (χ0n) is 16.2. The second-order valence-corrected chi connectivity index (χ2v) is 5.75. The molecule has 2 aromatic rings. The number of pyridine rings is 1. The summed E-state index contributed by atoms with van der Waals surface area (Å²) in [4.78, 5) is 8.92. The summed E-state index contributed by atoms with van der Waals surface area (Å²) in [6.07, 6.45) is 2.70. The van der Waals surface area contributed by atoms with E-state index in [9.17, 15) is 0 Å². The molecule has 0 aliphatic rings. The van der Waals surface area contributed by atoms with Gasteiger partial charge in [-0.3, -0.25) is 0 Å². The minimum atomic E-state index is 0.528. The number of rotatable bonds is 10. The number of ether oxygens (including phenoxy) is 3. The van der Waals surface area contributed by atoms with Crippen LogP contribution in [0.1, 0.15) is 18.9 Å². The molecule has 0 amide bonds. The summed E-state index contributed by atoms with van der Waals surface area (Å²) in [6, 6.07) is 11.2. The van der Waals surface area contributed by atoms with Crippen LogP contribution in [0.15, 0.2) is 47.6 Å². The van der Waals surface area contributed by atoms with Gasteiger partial charge < -0.3 is 24.8 Å². The highest BCUT2D eigenvalue weighted by Crippen LogP contribution is 2.23. The predicted molar refractivity (Wildman–Crippen MR) is 107 cm³/mol. The summed E-state index contributed by atoms with van der Waals surface area (Å²) >= 11 is 0. The van der Waals surface area contributed by atoms with Gasteiger partial charge in [0.15, 0.2) is 5.96 Å². The van der Waals surface area contributed by atoms with E-state index in [1.54, 1.807) is 20.4 Å². The zero-order valence-corrected chi connectivity index (χ0v) is 16.2. The molecule has 0 fully saturated rings. The fraction of sp³-hybridized carbons (Fsp3) is 0.400. The van der Waals surface area contributed by atoms with Gasteiger partial charge in [-0.15, -0.1) is 0 Å². The van der Waals surface area contributed by atoms with Crippen molar-refractivity contribution in [3.63, 3.8) is 0 Å². The molecule has 0 radical (unpaired) electrons. The molecule has 0 saturated heterocycles. The van der Waals surface area contributed by atoms with Crippen molar-refractivity contribution in [1.82, 2.24) is 15.6 Å². The molecule has 0 aliphatic carbocycles. The summed E-state index contributed by atoms with van der Waals surface area (Å²) in [7, 11) is 3.33. The minimum Gasteiger partial charge on any atom is -0.497 e. The maximum Gasteiger partial charge on any atom is 0.219 e. The van der Waals surface area contributed by atoms with E-state index >= 15 is 0 Å². The van der Waals surface area contributed by atoms with Gasteiger partial charge in [-0.1, -0.05) is 12.1 Å². The molecule has 27 heavy (non-hydrogen) atoms. The molecular weight excluding hydrogens is 344 g/mol. The van der Waals surface area contributed by atoms with Crippen LogP contribution in [0.4, 0.5) is 0 Å². The molecule has 146 valence electrons. The van der Waals surface area contributed by atoms with Crippen molar-refractivity contribution in [3.8, 4) is 17.4 Å². The lowest BCUT2D eigenvalue weighted by atomic mass is 10.3. The fourth-order valence-electron chi connectivity index (χ4n) is 2.29. The highest BCUT2D eigenvalue weighted by molar-refractivity contribution is 5.79. The molecule has 0 atom stereocenters. The van der Waals surface area contributed by atoms with Gasteiger partial charge in [-0.05, 0) is 31.0 Å². The van der Waals surface area contributed by atoms with Crippen LogP contribution >= 0.6 is 0 Å². The van der Waals surface area contributed by atoms with Crippen molar-refractivity contribution in [3.05, 3.63) is 48.2 Å². The van der Waals surface area contributed by atoms with Crippen molar-refractivity contribution in [2.24, 2.45) is 4.99 Å². The molecular formula is C20H28N4O3. The van der Waals surface area contributed by atoms with Crippen molar-refractivity contribution in [2.45, 2.75) is 19.9 Å². The average Bonchev–Trinajstić information content (AvgIpc) is 2.70. The first kappa shape index (κ1) is 20.5. The third kappa shape index (κ3) is 7.53. The average molecular weight is 372 g/mol. The van der Waals surface area contributed by atoms with Crippen molar-refractivity contribution >= 4 is 5.96 Å². The number of methoxy groups -OCH3 is 2. The summed E-state index contributed by atoms with van der Waals surface area (Å²) in [6.45, 7) is 4.92. The molecule has 0 saturated carbocycles. The molecule has 0 aliphatic heterocycles. The fourth-order valence-corrected chi connectivity index (χ4v) is 2.29. The van der Waals surface area contributed by atoms with Gasteiger partial charge in [0, 0.05) is 45.1 Å². The molecule has 7 nitrogen and oxygen atoms in total. The molecule has 7 heteroatoms. The van der Waals surface area contributed by atoms with E-state index in [4.69, 9.17) is 14.2 Å². The molecule has 0 bridgehead atoms.